The van der Waals surface area contributed by atoms with E-state index in [1.54, 1.807) is 49.9 Å². The lowest BCUT2D eigenvalue weighted by Crippen LogP contribution is -2.42. The number of carbonyl (C=O) groups is 2. The summed E-state index contributed by atoms with van der Waals surface area (Å²) in [7, 11) is 0. The third kappa shape index (κ3) is 5.49. The maximum Gasteiger partial charge on any atom is 0.412 e. The third-order valence-corrected chi connectivity index (χ3v) is 5.35. The summed E-state index contributed by atoms with van der Waals surface area (Å²) in [6, 6.07) is 17.3. The third-order valence-electron chi connectivity index (χ3n) is 5.35. The molecule has 1 aliphatic rings. The summed E-state index contributed by atoms with van der Waals surface area (Å²) in [5.74, 6) is -0.543. The van der Waals surface area contributed by atoms with Crippen LogP contribution in [0.5, 0.6) is 0 Å². The monoisotopic (exact) mass is 450 g/mol. The van der Waals surface area contributed by atoms with Crippen LogP contribution in [-0.2, 0) is 9.47 Å². The van der Waals surface area contributed by atoms with Crippen LogP contribution in [0, 0.1) is 5.82 Å². The highest BCUT2D eigenvalue weighted by Crippen LogP contribution is 2.29. The Bertz CT molecular complexity index is 1170. The van der Waals surface area contributed by atoms with Gasteiger partial charge in [0.15, 0.2) is 0 Å². The van der Waals surface area contributed by atoms with Gasteiger partial charge >= 0.3 is 6.09 Å². The molecule has 1 aliphatic heterocycles. The molecule has 7 heteroatoms. The van der Waals surface area contributed by atoms with E-state index in [1.807, 2.05) is 24.3 Å². The van der Waals surface area contributed by atoms with Crippen LogP contribution in [0.25, 0.3) is 10.8 Å². The molecule has 6 nitrogen and oxygen atoms in total. The molecular weight excluding hydrogens is 423 g/mol. The van der Waals surface area contributed by atoms with Gasteiger partial charge in [0, 0.05) is 6.54 Å². The number of nitrogens with zero attached hydrogens (tertiary/aromatic N) is 1. The number of anilines is 1. The number of ether oxygens (including phenoxy) is 2. The highest BCUT2D eigenvalue weighted by molar-refractivity contribution is 6.07. The van der Waals surface area contributed by atoms with E-state index in [9.17, 15) is 14.0 Å². The molecule has 3 aromatic carbocycles. The lowest BCUT2D eigenvalue weighted by atomic mass is 10.0. The van der Waals surface area contributed by atoms with Crippen molar-refractivity contribution in [2.24, 2.45) is 0 Å². The van der Waals surface area contributed by atoms with Crippen LogP contribution in [0.15, 0.2) is 60.7 Å². The van der Waals surface area contributed by atoms with Crippen LogP contribution in [0.3, 0.4) is 0 Å². The minimum absolute atomic E-state index is 0.220. The maximum absolute atomic E-state index is 13.6. The van der Waals surface area contributed by atoms with Gasteiger partial charge in [0.2, 0.25) is 0 Å². The predicted molar refractivity (Wildman–Crippen MR) is 125 cm³/mol. The van der Waals surface area contributed by atoms with E-state index in [2.05, 4.69) is 5.32 Å². The van der Waals surface area contributed by atoms with Crippen molar-refractivity contribution < 1.29 is 23.5 Å². The standard InChI is InChI=1S/C26H27FN2O4/c1-26(2,3)33-25(31)28-22-15-19-7-5-4-6-18(19)14-21(22)24(30)29-12-13-32-23(16-29)17-8-10-20(27)11-9-17/h4-11,14-15,23H,12-13,16H2,1-3H3,(H,28,31). The first-order valence-electron chi connectivity index (χ1n) is 10.9. The molecule has 1 fully saturated rings. The second-order valence-corrected chi connectivity index (χ2v) is 9.03. The highest BCUT2D eigenvalue weighted by Gasteiger charge is 2.28. The van der Waals surface area contributed by atoms with Crippen molar-refractivity contribution in [2.75, 3.05) is 25.0 Å². The van der Waals surface area contributed by atoms with Crippen molar-refractivity contribution >= 4 is 28.5 Å². The topological polar surface area (TPSA) is 67.9 Å². The molecule has 1 atom stereocenters. The Morgan fingerprint density at radius 2 is 1.73 bits per heavy atom. The Labute approximate surface area is 192 Å². The summed E-state index contributed by atoms with van der Waals surface area (Å²) in [5, 5.41) is 4.53. The Kier molecular flexibility index (Phi) is 6.33. The molecule has 0 spiro atoms. The zero-order valence-electron chi connectivity index (χ0n) is 18.9. The predicted octanol–water partition coefficient (Wildman–Crippen LogP) is 5.54. The van der Waals surface area contributed by atoms with E-state index in [1.165, 1.54) is 12.1 Å². The first kappa shape index (κ1) is 22.7. The molecule has 1 unspecified atom stereocenters. The van der Waals surface area contributed by atoms with E-state index in [-0.39, 0.29) is 17.8 Å². The molecule has 2 amide bonds. The number of carbonyl (C=O) groups excluding carboxylic acids is 2. The normalized spacial score (nSPS) is 16.5. The molecule has 0 saturated carbocycles. The molecule has 0 aromatic heterocycles. The molecule has 1 saturated heterocycles. The molecule has 0 bridgehead atoms. The summed E-state index contributed by atoms with van der Waals surface area (Å²) < 4.78 is 24.5. The molecule has 33 heavy (non-hydrogen) atoms. The van der Waals surface area contributed by atoms with E-state index in [4.69, 9.17) is 9.47 Å². The summed E-state index contributed by atoms with van der Waals surface area (Å²) >= 11 is 0. The van der Waals surface area contributed by atoms with Gasteiger partial charge in [-0.25, -0.2) is 9.18 Å². The summed E-state index contributed by atoms with van der Waals surface area (Å²) in [6.45, 7) is 6.43. The van der Waals surface area contributed by atoms with Crippen molar-refractivity contribution in [1.82, 2.24) is 4.90 Å². The number of benzene rings is 3. The van der Waals surface area contributed by atoms with Crippen LogP contribution in [0.1, 0.15) is 42.8 Å². The smallest absolute Gasteiger partial charge is 0.412 e. The molecule has 172 valence electrons. The fourth-order valence-corrected chi connectivity index (χ4v) is 3.82. The van der Waals surface area contributed by atoms with E-state index in [0.29, 0.717) is 30.9 Å². The van der Waals surface area contributed by atoms with Gasteiger partial charge in [0.25, 0.3) is 5.91 Å². The quantitative estimate of drug-likeness (QED) is 0.569. The fourth-order valence-electron chi connectivity index (χ4n) is 3.82. The van der Waals surface area contributed by atoms with Gasteiger partial charge in [-0.3, -0.25) is 10.1 Å². The van der Waals surface area contributed by atoms with Gasteiger partial charge < -0.3 is 14.4 Å². The van der Waals surface area contributed by atoms with Crippen LogP contribution >= 0.6 is 0 Å². The van der Waals surface area contributed by atoms with Crippen molar-refractivity contribution in [3.63, 3.8) is 0 Å². The number of amides is 2. The van der Waals surface area contributed by atoms with Gasteiger partial charge in [-0.15, -0.1) is 0 Å². The fraction of sp³-hybridized carbons (Fsp3) is 0.308. The summed E-state index contributed by atoms with van der Waals surface area (Å²) in [4.78, 5) is 27.7. The first-order valence-corrected chi connectivity index (χ1v) is 10.9. The van der Waals surface area contributed by atoms with Gasteiger partial charge in [-0.1, -0.05) is 36.4 Å². The van der Waals surface area contributed by atoms with E-state index in [0.717, 1.165) is 16.3 Å². The Morgan fingerprint density at radius 3 is 2.39 bits per heavy atom. The summed E-state index contributed by atoms with van der Waals surface area (Å²) in [6.07, 6.45) is -0.982. The average Bonchev–Trinajstić information content (AvgIpc) is 2.77. The lowest BCUT2D eigenvalue weighted by molar-refractivity contribution is -0.0228. The van der Waals surface area contributed by atoms with Crippen molar-refractivity contribution in [3.05, 3.63) is 77.6 Å². The number of hydrogen-bond donors (Lipinski definition) is 1. The Hall–Kier alpha value is -3.45. The van der Waals surface area contributed by atoms with Gasteiger partial charge in [0.1, 0.15) is 17.5 Å². The molecule has 3 aromatic rings. The van der Waals surface area contributed by atoms with Crippen molar-refractivity contribution in [2.45, 2.75) is 32.5 Å². The first-order chi connectivity index (χ1) is 15.7. The lowest BCUT2D eigenvalue weighted by Gasteiger charge is -2.33. The SMILES string of the molecule is CC(C)(C)OC(=O)Nc1cc2ccccc2cc1C(=O)N1CCOC(c2ccc(F)cc2)C1. The largest absolute Gasteiger partial charge is 0.444 e. The molecule has 0 aliphatic carbocycles. The number of nitrogens with one attached hydrogen (secondary N) is 1. The Morgan fingerprint density at radius 1 is 1.06 bits per heavy atom. The summed E-state index contributed by atoms with van der Waals surface area (Å²) in [5.41, 5.74) is 0.897. The Balaban J connectivity index is 1.63. The van der Waals surface area contributed by atoms with Crippen LogP contribution < -0.4 is 5.32 Å². The molecule has 0 radical (unpaired) electrons. The molecule has 1 heterocycles. The zero-order chi connectivity index (χ0) is 23.6. The van der Waals surface area contributed by atoms with Crippen LogP contribution in [0.2, 0.25) is 0 Å². The van der Waals surface area contributed by atoms with Gasteiger partial charge in [0.05, 0.1) is 24.4 Å². The molecular formula is C26H27FN2O4. The minimum Gasteiger partial charge on any atom is -0.444 e. The molecule has 1 N–H and O–H groups in total. The van der Waals surface area contributed by atoms with Crippen LogP contribution in [0.4, 0.5) is 14.9 Å². The van der Waals surface area contributed by atoms with E-state index >= 15 is 0 Å². The number of hydrogen-bond acceptors (Lipinski definition) is 4. The zero-order valence-corrected chi connectivity index (χ0v) is 18.9. The highest BCUT2D eigenvalue weighted by atomic mass is 19.1. The average molecular weight is 451 g/mol. The number of rotatable bonds is 3. The maximum atomic E-state index is 13.6. The second-order valence-electron chi connectivity index (χ2n) is 9.03. The van der Waals surface area contributed by atoms with Crippen LogP contribution in [-0.4, -0.2) is 42.2 Å². The van der Waals surface area contributed by atoms with E-state index < -0.39 is 11.7 Å². The minimum atomic E-state index is -0.669. The number of morpholine rings is 1. The van der Waals surface area contributed by atoms with Gasteiger partial charge in [-0.2, -0.15) is 0 Å². The van der Waals surface area contributed by atoms with Gasteiger partial charge in [-0.05, 0) is 61.4 Å². The number of halogens is 1. The number of fused-ring (bicyclic) bond motifs is 1. The van der Waals surface area contributed by atoms with Crippen molar-refractivity contribution in [1.29, 1.82) is 0 Å². The second kappa shape index (κ2) is 9.19. The molecule has 4 rings (SSSR count). The van der Waals surface area contributed by atoms with Crippen molar-refractivity contribution in [3.8, 4) is 0 Å².